The summed E-state index contributed by atoms with van der Waals surface area (Å²) in [6, 6.07) is 0. The van der Waals surface area contributed by atoms with Crippen LogP contribution in [0.2, 0.25) is 0 Å². The molecule has 0 spiro atoms. The van der Waals surface area contributed by atoms with Gasteiger partial charge in [0.25, 0.3) is 0 Å². The quantitative estimate of drug-likeness (QED) is 0.697. The van der Waals surface area contributed by atoms with Gasteiger partial charge in [-0.25, -0.2) is 0 Å². The molecule has 1 heterocycles. The van der Waals surface area contributed by atoms with Crippen molar-refractivity contribution in [3.8, 4) is 0 Å². The SMILES string of the molecule is NCC1(NCCC2=CCCC2)CCOCC1. The smallest absolute Gasteiger partial charge is 0.0484 e. The summed E-state index contributed by atoms with van der Waals surface area (Å²) in [4.78, 5) is 0. The number of nitrogens with two attached hydrogens (primary N) is 1. The largest absolute Gasteiger partial charge is 0.381 e. The van der Waals surface area contributed by atoms with Gasteiger partial charge >= 0.3 is 0 Å². The van der Waals surface area contributed by atoms with Gasteiger partial charge < -0.3 is 15.8 Å². The van der Waals surface area contributed by atoms with E-state index in [0.29, 0.717) is 0 Å². The summed E-state index contributed by atoms with van der Waals surface area (Å²) in [6.45, 7) is 3.51. The Kier molecular flexibility index (Phi) is 4.38. The lowest BCUT2D eigenvalue weighted by Gasteiger charge is -2.37. The Hall–Kier alpha value is -0.380. The molecule has 1 fully saturated rings. The predicted octanol–water partition coefficient (Wildman–Crippen LogP) is 1.58. The summed E-state index contributed by atoms with van der Waals surface area (Å²) in [5.74, 6) is 0. The molecule has 0 unspecified atom stereocenters. The molecule has 2 aliphatic rings. The molecule has 0 saturated carbocycles. The van der Waals surface area contributed by atoms with Crippen molar-refractivity contribution >= 4 is 0 Å². The van der Waals surface area contributed by atoms with Crippen LogP contribution in [0.5, 0.6) is 0 Å². The molecule has 3 heteroatoms. The molecule has 3 nitrogen and oxygen atoms in total. The summed E-state index contributed by atoms with van der Waals surface area (Å²) in [6.07, 6.45) is 9.66. The number of nitrogens with one attached hydrogen (secondary N) is 1. The van der Waals surface area contributed by atoms with Gasteiger partial charge in [0, 0.05) is 25.3 Å². The average molecular weight is 224 g/mol. The topological polar surface area (TPSA) is 47.3 Å². The van der Waals surface area contributed by atoms with Crippen LogP contribution >= 0.6 is 0 Å². The zero-order valence-electron chi connectivity index (χ0n) is 10.1. The Labute approximate surface area is 98.4 Å². The first-order valence-electron chi connectivity index (χ1n) is 6.55. The van der Waals surface area contributed by atoms with Crippen LogP contribution in [0.15, 0.2) is 11.6 Å². The Morgan fingerprint density at radius 3 is 2.81 bits per heavy atom. The van der Waals surface area contributed by atoms with E-state index in [1.807, 2.05) is 0 Å². The third-order valence-corrected chi connectivity index (χ3v) is 3.92. The number of hydrogen-bond acceptors (Lipinski definition) is 3. The number of hydrogen-bond donors (Lipinski definition) is 2. The first-order chi connectivity index (χ1) is 7.85. The van der Waals surface area contributed by atoms with Gasteiger partial charge in [0.15, 0.2) is 0 Å². The zero-order chi connectivity index (χ0) is 11.3. The van der Waals surface area contributed by atoms with Crippen LogP contribution in [-0.2, 0) is 4.74 Å². The highest BCUT2D eigenvalue weighted by molar-refractivity contribution is 5.08. The molecule has 0 radical (unpaired) electrons. The van der Waals surface area contributed by atoms with Crippen LogP contribution in [0, 0.1) is 0 Å². The molecule has 0 amide bonds. The summed E-state index contributed by atoms with van der Waals surface area (Å²) >= 11 is 0. The molecule has 0 aromatic carbocycles. The van der Waals surface area contributed by atoms with E-state index >= 15 is 0 Å². The van der Waals surface area contributed by atoms with E-state index in [1.54, 1.807) is 5.57 Å². The van der Waals surface area contributed by atoms with Gasteiger partial charge in [0.1, 0.15) is 0 Å². The molecular weight excluding hydrogens is 200 g/mol. The summed E-state index contributed by atoms with van der Waals surface area (Å²) < 4.78 is 5.40. The van der Waals surface area contributed by atoms with E-state index < -0.39 is 0 Å². The Bertz CT molecular complexity index is 244. The van der Waals surface area contributed by atoms with Crippen molar-refractivity contribution < 1.29 is 4.74 Å². The van der Waals surface area contributed by atoms with Crippen molar-refractivity contribution in [1.29, 1.82) is 0 Å². The predicted molar refractivity (Wildman–Crippen MR) is 66.4 cm³/mol. The minimum atomic E-state index is 0.150. The van der Waals surface area contributed by atoms with Crippen molar-refractivity contribution in [2.75, 3.05) is 26.3 Å². The normalized spacial score (nSPS) is 24.4. The van der Waals surface area contributed by atoms with Crippen LogP contribution in [0.1, 0.15) is 38.5 Å². The first kappa shape index (κ1) is 12.1. The molecule has 1 aliphatic heterocycles. The van der Waals surface area contributed by atoms with Crippen molar-refractivity contribution in [2.45, 2.75) is 44.1 Å². The fourth-order valence-corrected chi connectivity index (χ4v) is 2.67. The molecule has 16 heavy (non-hydrogen) atoms. The molecule has 1 aliphatic carbocycles. The number of rotatable bonds is 5. The first-order valence-corrected chi connectivity index (χ1v) is 6.55. The maximum atomic E-state index is 5.90. The standard InChI is InChI=1S/C13H24N2O/c14-11-13(6-9-16-10-7-13)15-8-5-12-3-1-2-4-12/h3,15H,1-2,4-11,14H2. The Morgan fingerprint density at radius 1 is 1.38 bits per heavy atom. The monoisotopic (exact) mass is 224 g/mol. The Morgan fingerprint density at radius 2 is 2.19 bits per heavy atom. The number of ether oxygens (including phenoxy) is 1. The fraction of sp³-hybridized carbons (Fsp3) is 0.846. The van der Waals surface area contributed by atoms with Crippen molar-refractivity contribution in [2.24, 2.45) is 5.73 Å². The van der Waals surface area contributed by atoms with Gasteiger partial charge in [-0.3, -0.25) is 0 Å². The maximum absolute atomic E-state index is 5.90. The molecule has 92 valence electrons. The number of allylic oxidation sites excluding steroid dienone is 1. The highest BCUT2D eigenvalue weighted by Crippen LogP contribution is 2.22. The van der Waals surface area contributed by atoms with Crippen LogP contribution in [0.4, 0.5) is 0 Å². The second-order valence-electron chi connectivity index (χ2n) is 5.03. The van der Waals surface area contributed by atoms with Crippen molar-refractivity contribution in [3.05, 3.63) is 11.6 Å². The van der Waals surface area contributed by atoms with Crippen LogP contribution in [0.25, 0.3) is 0 Å². The highest BCUT2D eigenvalue weighted by atomic mass is 16.5. The Balaban J connectivity index is 1.73. The molecule has 3 N–H and O–H groups in total. The fourth-order valence-electron chi connectivity index (χ4n) is 2.67. The summed E-state index contributed by atoms with van der Waals surface area (Å²) in [5.41, 5.74) is 7.68. The van der Waals surface area contributed by atoms with Gasteiger partial charge in [-0.1, -0.05) is 11.6 Å². The van der Waals surface area contributed by atoms with Gasteiger partial charge in [-0.05, 0) is 45.1 Å². The van der Waals surface area contributed by atoms with E-state index in [4.69, 9.17) is 10.5 Å². The minimum absolute atomic E-state index is 0.150. The minimum Gasteiger partial charge on any atom is -0.381 e. The molecule has 0 aromatic heterocycles. The highest BCUT2D eigenvalue weighted by Gasteiger charge is 2.30. The second-order valence-corrected chi connectivity index (χ2v) is 5.03. The second kappa shape index (κ2) is 5.80. The molecule has 0 bridgehead atoms. The zero-order valence-corrected chi connectivity index (χ0v) is 10.1. The lowest BCUT2D eigenvalue weighted by atomic mass is 9.90. The molecule has 1 saturated heterocycles. The van der Waals surface area contributed by atoms with E-state index in [2.05, 4.69) is 11.4 Å². The van der Waals surface area contributed by atoms with E-state index in [9.17, 15) is 0 Å². The maximum Gasteiger partial charge on any atom is 0.0484 e. The molecular formula is C13H24N2O. The lowest BCUT2D eigenvalue weighted by Crippen LogP contribution is -2.54. The average Bonchev–Trinajstić information content (AvgIpc) is 2.83. The molecule has 0 atom stereocenters. The van der Waals surface area contributed by atoms with Crippen LogP contribution < -0.4 is 11.1 Å². The third-order valence-electron chi connectivity index (χ3n) is 3.92. The lowest BCUT2D eigenvalue weighted by molar-refractivity contribution is 0.0417. The van der Waals surface area contributed by atoms with Gasteiger partial charge in [-0.2, -0.15) is 0 Å². The van der Waals surface area contributed by atoms with Gasteiger partial charge in [-0.15, -0.1) is 0 Å². The molecule has 0 aromatic rings. The van der Waals surface area contributed by atoms with Crippen molar-refractivity contribution in [1.82, 2.24) is 5.32 Å². The van der Waals surface area contributed by atoms with E-state index in [0.717, 1.165) is 39.1 Å². The summed E-state index contributed by atoms with van der Waals surface area (Å²) in [5, 5.41) is 3.67. The molecule has 2 rings (SSSR count). The van der Waals surface area contributed by atoms with E-state index in [1.165, 1.54) is 25.7 Å². The van der Waals surface area contributed by atoms with E-state index in [-0.39, 0.29) is 5.54 Å². The van der Waals surface area contributed by atoms with Crippen molar-refractivity contribution in [3.63, 3.8) is 0 Å². The van der Waals surface area contributed by atoms with Crippen LogP contribution in [-0.4, -0.2) is 31.8 Å². The summed E-state index contributed by atoms with van der Waals surface area (Å²) in [7, 11) is 0. The van der Waals surface area contributed by atoms with Gasteiger partial charge in [0.2, 0.25) is 0 Å². The van der Waals surface area contributed by atoms with Gasteiger partial charge in [0.05, 0.1) is 0 Å². The third kappa shape index (κ3) is 3.06. The van der Waals surface area contributed by atoms with Crippen LogP contribution in [0.3, 0.4) is 0 Å².